The third kappa shape index (κ3) is 1.96. The maximum atomic E-state index is 12.5. The molecule has 0 amide bonds. The molecule has 0 radical (unpaired) electrons. The summed E-state index contributed by atoms with van der Waals surface area (Å²) in [6.45, 7) is 0.295. The largest absolute Gasteiger partial charge is 0.490 e. The molecule has 1 unspecified atom stereocenters. The van der Waals surface area contributed by atoms with Crippen molar-refractivity contribution in [2.45, 2.75) is 18.6 Å². The predicted octanol–water partition coefficient (Wildman–Crippen LogP) is 2.29. The number of thiophene rings is 1. The van der Waals surface area contributed by atoms with E-state index in [1.54, 1.807) is 7.05 Å². The molecule has 0 spiro atoms. The quantitative estimate of drug-likeness (QED) is 0.809. The standard InChI is InChI=1S/C9H10F3NOS/c1-13-5-2-7-8(14-3-5)6(4-15-7)9(10,11)12/h4-5,13H,2-3H2,1H3. The molecule has 0 bridgehead atoms. The van der Waals surface area contributed by atoms with Crippen LogP contribution in [0.2, 0.25) is 0 Å². The van der Waals surface area contributed by atoms with E-state index in [0.717, 1.165) is 16.7 Å². The maximum absolute atomic E-state index is 12.5. The van der Waals surface area contributed by atoms with Gasteiger partial charge in [0.2, 0.25) is 0 Å². The molecular formula is C9H10F3NOS. The number of hydrogen-bond donors (Lipinski definition) is 1. The van der Waals surface area contributed by atoms with Crippen molar-refractivity contribution in [2.24, 2.45) is 0 Å². The monoisotopic (exact) mass is 237 g/mol. The van der Waals surface area contributed by atoms with E-state index in [1.807, 2.05) is 0 Å². The van der Waals surface area contributed by atoms with Crippen LogP contribution < -0.4 is 10.1 Å². The molecule has 1 aromatic heterocycles. The van der Waals surface area contributed by atoms with Gasteiger partial charge in [-0.1, -0.05) is 0 Å². The molecule has 84 valence electrons. The number of hydrogen-bond acceptors (Lipinski definition) is 3. The molecule has 1 N–H and O–H groups in total. The van der Waals surface area contributed by atoms with Crippen molar-refractivity contribution in [3.05, 3.63) is 15.8 Å². The molecule has 1 atom stereocenters. The van der Waals surface area contributed by atoms with Gasteiger partial charge in [-0.2, -0.15) is 13.2 Å². The minimum Gasteiger partial charge on any atom is -0.490 e. The summed E-state index contributed by atoms with van der Waals surface area (Å²) in [7, 11) is 1.78. The summed E-state index contributed by atoms with van der Waals surface area (Å²) in [5.41, 5.74) is -0.642. The van der Waals surface area contributed by atoms with Crippen LogP contribution in [0.25, 0.3) is 0 Å². The summed E-state index contributed by atoms with van der Waals surface area (Å²) in [6.07, 6.45) is -3.71. The SMILES string of the molecule is CNC1COc2c(C(F)(F)F)csc2C1. The van der Waals surface area contributed by atoms with Crippen LogP contribution >= 0.6 is 11.3 Å². The van der Waals surface area contributed by atoms with Crippen LogP contribution in [0.4, 0.5) is 13.2 Å². The minimum atomic E-state index is -4.31. The average Bonchev–Trinajstić information content (AvgIpc) is 2.59. The van der Waals surface area contributed by atoms with Gasteiger partial charge in [0.05, 0.1) is 0 Å². The second kappa shape index (κ2) is 3.68. The van der Waals surface area contributed by atoms with Gasteiger partial charge in [-0.3, -0.25) is 0 Å². The Labute approximate surface area is 89.1 Å². The molecule has 1 aliphatic heterocycles. The van der Waals surface area contributed by atoms with Crippen molar-refractivity contribution in [3.63, 3.8) is 0 Å². The van der Waals surface area contributed by atoms with E-state index in [4.69, 9.17) is 4.74 Å². The molecule has 0 saturated heterocycles. The van der Waals surface area contributed by atoms with Crippen LogP contribution in [-0.4, -0.2) is 19.7 Å². The zero-order valence-electron chi connectivity index (χ0n) is 8.02. The third-order valence-electron chi connectivity index (χ3n) is 2.39. The van der Waals surface area contributed by atoms with E-state index in [-0.39, 0.29) is 11.8 Å². The molecule has 1 aromatic rings. The summed E-state index contributed by atoms with van der Waals surface area (Å²) in [5, 5.41) is 4.12. The normalized spacial score (nSPS) is 20.9. The van der Waals surface area contributed by atoms with Crippen molar-refractivity contribution in [1.82, 2.24) is 5.32 Å². The van der Waals surface area contributed by atoms with Crippen molar-refractivity contribution in [3.8, 4) is 5.75 Å². The van der Waals surface area contributed by atoms with Crippen LogP contribution in [0.5, 0.6) is 5.75 Å². The lowest BCUT2D eigenvalue weighted by Crippen LogP contribution is -2.36. The molecule has 2 heterocycles. The highest BCUT2D eigenvalue weighted by Crippen LogP contribution is 2.43. The maximum Gasteiger partial charge on any atom is 0.420 e. The Bertz CT molecular complexity index is 361. The van der Waals surface area contributed by atoms with Crippen molar-refractivity contribution >= 4 is 11.3 Å². The summed E-state index contributed by atoms with van der Waals surface area (Å²) >= 11 is 1.11. The number of alkyl halides is 3. The molecular weight excluding hydrogens is 227 g/mol. The Morgan fingerprint density at radius 2 is 2.27 bits per heavy atom. The van der Waals surface area contributed by atoms with E-state index in [2.05, 4.69) is 5.32 Å². The molecule has 15 heavy (non-hydrogen) atoms. The van der Waals surface area contributed by atoms with E-state index in [0.29, 0.717) is 17.9 Å². The van der Waals surface area contributed by atoms with Gasteiger partial charge >= 0.3 is 6.18 Å². The Hall–Kier alpha value is -0.750. The first-order valence-corrected chi connectivity index (χ1v) is 5.38. The van der Waals surface area contributed by atoms with Crippen molar-refractivity contribution < 1.29 is 17.9 Å². The lowest BCUT2D eigenvalue weighted by Gasteiger charge is -2.23. The molecule has 1 aliphatic rings. The molecule has 0 aliphatic carbocycles. The van der Waals surface area contributed by atoms with Crippen LogP contribution in [0.3, 0.4) is 0 Å². The summed E-state index contributed by atoms with van der Waals surface area (Å²) in [6, 6.07) is 0.109. The van der Waals surface area contributed by atoms with Gasteiger partial charge in [-0.15, -0.1) is 11.3 Å². The van der Waals surface area contributed by atoms with Gasteiger partial charge in [0.25, 0.3) is 0 Å². The zero-order chi connectivity index (χ0) is 11.1. The molecule has 2 nitrogen and oxygen atoms in total. The summed E-state index contributed by atoms with van der Waals surface area (Å²) in [4.78, 5) is 0.674. The smallest absolute Gasteiger partial charge is 0.420 e. The average molecular weight is 237 g/mol. The Morgan fingerprint density at radius 1 is 1.53 bits per heavy atom. The number of halogens is 3. The third-order valence-corrected chi connectivity index (χ3v) is 3.38. The van der Waals surface area contributed by atoms with Gasteiger partial charge in [-0.05, 0) is 7.05 Å². The highest BCUT2D eigenvalue weighted by molar-refractivity contribution is 7.10. The van der Waals surface area contributed by atoms with Crippen molar-refractivity contribution in [2.75, 3.05) is 13.7 Å². The number of ether oxygens (including phenoxy) is 1. The number of rotatable bonds is 1. The summed E-state index contributed by atoms with van der Waals surface area (Å²) in [5.74, 6) is 0.0269. The first-order valence-electron chi connectivity index (χ1n) is 4.50. The Kier molecular flexibility index (Phi) is 2.64. The topological polar surface area (TPSA) is 21.3 Å². The van der Waals surface area contributed by atoms with Crippen LogP contribution in [0.1, 0.15) is 10.4 Å². The molecule has 6 heteroatoms. The van der Waals surface area contributed by atoms with E-state index in [1.165, 1.54) is 0 Å². The van der Waals surface area contributed by atoms with Gasteiger partial charge in [0, 0.05) is 22.7 Å². The van der Waals surface area contributed by atoms with Gasteiger partial charge in [-0.25, -0.2) is 0 Å². The van der Waals surface area contributed by atoms with Gasteiger partial charge < -0.3 is 10.1 Å². The molecule has 2 rings (SSSR count). The van der Waals surface area contributed by atoms with Crippen LogP contribution in [0.15, 0.2) is 5.38 Å². The number of likely N-dealkylation sites (N-methyl/N-ethyl adjacent to an activating group) is 1. The minimum absolute atomic E-state index is 0.0269. The lowest BCUT2D eigenvalue weighted by molar-refractivity contribution is -0.138. The highest BCUT2D eigenvalue weighted by Gasteiger charge is 2.38. The second-order valence-corrected chi connectivity index (χ2v) is 4.36. The molecule has 0 saturated carbocycles. The van der Waals surface area contributed by atoms with E-state index >= 15 is 0 Å². The Morgan fingerprint density at radius 3 is 2.87 bits per heavy atom. The molecule has 0 fully saturated rings. The van der Waals surface area contributed by atoms with Gasteiger partial charge in [0.1, 0.15) is 17.9 Å². The lowest BCUT2D eigenvalue weighted by atomic mass is 10.1. The Balaban J connectivity index is 2.30. The van der Waals surface area contributed by atoms with Gasteiger partial charge in [0.15, 0.2) is 0 Å². The van der Waals surface area contributed by atoms with Crippen LogP contribution in [0, 0.1) is 0 Å². The second-order valence-electron chi connectivity index (χ2n) is 3.40. The number of fused-ring (bicyclic) bond motifs is 1. The summed E-state index contributed by atoms with van der Waals surface area (Å²) < 4.78 is 42.7. The van der Waals surface area contributed by atoms with Crippen LogP contribution in [-0.2, 0) is 12.6 Å². The first-order chi connectivity index (χ1) is 7.02. The highest BCUT2D eigenvalue weighted by atomic mass is 32.1. The molecule has 0 aromatic carbocycles. The number of nitrogens with one attached hydrogen (secondary N) is 1. The predicted molar refractivity (Wildman–Crippen MR) is 51.4 cm³/mol. The van der Waals surface area contributed by atoms with Crippen molar-refractivity contribution in [1.29, 1.82) is 0 Å². The fourth-order valence-corrected chi connectivity index (χ4v) is 2.61. The zero-order valence-corrected chi connectivity index (χ0v) is 8.84. The van der Waals surface area contributed by atoms with E-state index in [9.17, 15) is 13.2 Å². The fourth-order valence-electron chi connectivity index (χ4n) is 1.53. The van der Waals surface area contributed by atoms with E-state index < -0.39 is 11.7 Å². The fraction of sp³-hybridized carbons (Fsp3) is 0.556. The first kappa shape index (κ1) is 10.8.